The summed E-state index contributed by atoms with van der Waals surface area (Å²) in [5.41, 5.74) is 2.52. The molecule has 0 saturated carbocycles. The molecule has 7 heteroatoms. The van der Waals surface area contributed by atoms with E-state index < -0.39 is 0 Å². The van der Waals surface area contributed by atoms with E-state index in [9.17, 15) is 4.79 Å². The van der Waals surface area contributed by atoms with Crippen molar-refractivity contribution in [3.63, 3.8) is 0 Å². The van der Waals surface area contributed by atoms with Crippen molar-refractivity contribution in [2.75, 3.05) is 19.6 Å². The van der Waals surface area contributed by atoms with Crippen LogP contribution in [0.2, 0.25) is 0 Å². The number of rotatable bonds is 5. The fraction of sp³-hybridized carbons (Fsp3) is 0.444. The van der Waals surface area contributed by atoms with Crippen LogP contribution in [0.15, 0.2) is 34.9 Å². The standard InChI is InChI=1S/C18H23BrN4O.ClH/c1-3-9-22(16-7-8-20-11-16)18(24)17-12-21-23(13(17)2)15-6-4-5-14(19)10-15;/h4-6,10,12,16,20H,3,7-9,11H2,1-2H3;1H. The number of hydrogen-bond acceptors (Lipinski definition) is 3. The van der Waals surface area contributed by atoms with Gasteiger partial charge in [0.05, 0.1) is 23.1 Å². The fourth-order valence-electron chi connectivity index (χ4n) is 3.24. The summed E-state index contributed by atoms with van der Waals surface area (Å²) < 4.78 is 2.82. The van der Waals surface area contributed by atoms with Gasteiger partial charge in [-0.05, 0) is 44.5 Å². The number of halogens is 2. The normalized spacial score (nSPS) is 16.5. The van der Waals surface area contributed by atoms with Gasteiger partial charge in [0.15, 0.2) is 0 Å². The van der Waals surface area contributed by atoms with Gasteiger partial charge in [0.25, 0.3) is 5.91 Å². The molecule has 2 aromatic rings. The molecule has 5 nitrogen and oxygen atoms in total. The molecule has 1 fully saturated rings. The van der Waals surface area contributed by atoms with Crippen molar-refractivity contribution >= 4 is 34.2 Å². The Bertz CT molecular complexity index is 728. The second-order valence-corrected chi connectivity index (χ2v) is 7.10. The van der Waals surface area contributed by atoms with Gasteiger partial charge in [-0.2, -0.15) is 5.10 Å². The highest BCUT2D eigenvalue weighted by Gasteiger charge is 2.28. The van der Waals surface area contributed by atoms with Crippen molar-refractivity contribution in [1.29, 1.82) is 0 Å². The largest absolute Gasteiger partial charge is 0.334 e. The summed E-state index contributed by atoms with van der Waals surface area (Å²) >= 11 is 3.48. The number of carbonyl (C=O) groups is 1. The quantitative estimate of drug-likeness (QED) is 0.793. The summed E-state index contributed by atoms with van der Waals surface area (Å²) in [6, 6.07) is 8.22. The number of benzene rings is 1. The van der Waals surface area contributed by atoms with Crippen molar-refractivity contribution in [3.8, 4) is 5.69 Å². The third kappa shape index (κ3) is 4.25. The van der Waals surface area contributed by atoms with E-state index in [1.807, 2.05) is 40.8 Å². The van der Waals surface area contributed by atoms with E-state index in [2.05, 4.69) is 33.3 Å². The minimum Gasteiger partial charge on any atom is -0.334 e. The predicted octanol–water partition coefficient (Wildman–Crippen LogP) is 3.58. The summed E-state index contributed by atoms with van der Waals surface area (Å²) in [4.78, 5) is 15.1. The van der Waals surface area contributed by atoms with Crippen LogP contribution < -0.4 is 5.32 Å². The Balaban J connectivity index is 0.00000225. The van der Waals surface area contributed by atoms with E-state index in [0.29, 0.717) is 5.56 Å². The van der Waals surface area contributed by atoms with Gasteiger partial charge in [-0.15, -0.1) is 12.4 Å². The molecule has 1 aromatic heterocycles. The Kier molecular flexibility index (Phi) is 7.04. The molecule has 3 rings (SSSR count). The van der Waals surface area contributed by atoms with Crippen LogP contribution in [0.3, 0.4) is 0 Å². The Labute approximate surface area is 163 Å². The van der Waals surface area contributed by atoms with Crippen LogP contribution in [0.5, 0.6) is 0 Å². The molecule has 2 heterocycles. The molecule has 1 N–H and O–H groups in total. The number of aromatic nitrogens is 2. The summed E-state index contributed by atoms with van der Waals surface area (Å²) in [5, 5.41) is 7.80. The molecular formula is C18H24BrClN4O. The summed E-state index contributed by atoms with van der Waals surface area (Å²) in [5.74, 6) is 0.0873. The fourth-order valence-corrected chi connectivity index (χ4v) is 3.63. The first-order valence-corrected chi connectivity index (χ1v) is 9.23. The van der Waals surface area contributed by atoms with Crippen LogP contribution in [0.1, 0.15) is 35.8 Å². The maximum Gasteiger partial charge on any atom is 0.257 e. The number of amides is 1. The average Bonchev–Trinajstić information content (AvgIpc) is 3.21. The van der Waals surface area contributed by atoms with E-state index in [0.717, 1.165) is 48.3 Å². The maximum atomic E-state index is 13.1. The molecule has 1 saturated heterocycles. The predicted molar refractivity (Wildman–Crippen MR) is 106 cm³/mol. The molecule has 25 heavy (non-hydrogen) atoms. The monoisotopic (exact) mass is 426 g/mol. The lowest BCUT2D eigenvalue weighted by molar-refractivity contribution is 0.0691. The van der Waals surface area contributed by atoms with Crippen LogP contribution in [-0.4, -0.2) is 46.3 Å². The highest BCUT2D eigenvalue weighted by Crippen LogP contribution is 2.21. The molecule has 1 aliphatic heterocycles. The zero-order valence-corrected chi connectivity index (χ0v) is 16.9. The minimum atomic E-state index is 0. The average molecular weight is 428 g/mol. The first kappa shape index (κ1) is 19.9. The van der Waals surface area contributed by atoms with Gasteiger partial charge in [-0.25, -0.2) is 4.68 Å². The first-order chi connectivity index (χ1) is 11.6. The molecule has 136 valence electrons. The van der Waals surface area contributed by atoms with Crippen LogP contribution in [0, 0.1) is 6.92 Å². The lowest BCUT2D eigenvalue weighted by Crippen LogP contribution is -2.42. The SMILES string of the molecule is CCCN(C(=O)c1cnn(-c2cccc(Br)c2)c1C)C1CCNC1.Cl. The van der Waals surface area contributed by atoms with Crippen molar-refractivity contribution in [3.05, 3.63) is 46.2 Å². The van der Waals surface area contributed by atoms with Gasteiger partial charge in [-0.3, -0.25) is 4.79 Å². The zero-order chi connectivity index (χ0) is 17.1. The van der Waals surface area contributed by atoms with Crippen molar-refractivity contribution in [2.45, 2.75) is 32.7 Å². The van der Waals surface area contributed by atoms with Crippen LogP contribution in [-0.2, 0) is 0 Å². The van der Waals surface area contributed by atoms with E-state index in [1.165, 1.54) is 0 Å². The Morgan fingerprint density at radius 2 is 2.28 bits per heavy atom. The van der Waals surface area contributed by atoms with E-state index in [1.54, 1.807) is 6.20 Å². The maximum absolute atomic E-state index is 13.1. The minimum absolute atomic E-state index is 0. The van der Waals surface area contributed by atoms with Gasteiger partial charge in [-0.1, -0.05) is 28.9 Å². The van der Waals surface area contributed by atoms with Gasteiger partial charge in [0, 0.05) is 23.6 Å². The van der Waals surface area contributed by atoms with Gasteiger partial charge < -0.3 is 10.2 Å². The zero-order valence-electron chi connectivity index (χ0n) is 14.5. The molecule has 0 bridgehead atoms. The van der Waals surface area contributed by atoms with Crippen molar-refractivity contribution in [2.24, 2.45) is 0 Å². The number of nitrogens with zero attached hydrogens (tertiary/aromatic N) is 3. The highest BCUT2D eigenvalue weighted by atomic mass is 79.9. The van der Waals surface area contributed by atoms with Crippen molar-refractivity contribution in [1.82, 2.24) is 20.0 Å². The number of nitrogens with one attached hydrogen (secondary N) is 1. The molecule has 1 atom stereocenters. The lowest BCUT2D eigenvalue weighted by Gasteiger charge is -2.28. The van der Waals surface area contributed by atoms with Crippen LogP contribution in [0.25, 0.3) is 5.69 Å². The number of carbonyl (C=O) groups excluding carboxylic acids is 1. The molecule has 0 radical (unpaired) electrons. The molecule has 1 unspecified atom stereocenters. The van der Waals surface area contributed by atoms with E-state index in [4.69, 9.17) is 0 Å². The van der Waals surface area contributed by atoms with Crippen LogP contribution in [0.4, 0.5) is 0 Å². The Hall–Kier alpha value is -1.37. The summed E-state index contributed by atoms with van der Waals surface area (Å²) in [6.45, 7) is 6.71. The first-order valence-electron chi connectivity index (χ1n) is 8.44. The molecule has 1 aliphatic rings. The number of hydrogen-bond donors (Lipinski definition) is 1. The Morgan fingerprint density at radius 1 is 1.48 bits per heavy atom. The second-order valence-electron chi connectivity index (χ2n) is 6.18. The lowest BCUT2D eigenvalue weighted by atomic mass is 10.1. The van der Waals surface area contributed by atoms with Crippen molar-refractivity contribution < 1.29 is 4.79 Å². The third-order valence-corrected chi connectivity index (χ3v) is 4.99. The molecule has 0 spiro atoms. The Morgan fingerprint density at radius 3 is 2.92 bits per heavy atom. The smallest absolute Gasteiger partial charge is 0.257 e. The molecular weight excluding hydrogens is 404 g/mol. The molecule has 1 amide bonds. The van der Waals surface area contributed by atoms with Crippen LogP contribution >= 0.6 is 28.3 Å². The second kappa shape index (κ2) is 8.83. The molecule has 0 aliphatic carbocycles. The van der Waals surface area contributed by atoms with Gasteiger partial charge in [0.2, 0.25) is 0 Å². The summed E-state index contributed by atoms with van der Waals surface area (Å²) in [7, 11) is 0. The topological polar surface area (TPSA) is 50.2 Å². The third-order valence-electron chi connectivity index (χ3n) is 4.49. The highest BCUT2D eigenvalue weighted by molar-refractivity contribution is 9.10. The van der Waals surface area contributed by atoms with Gasteiger partial charge >= 0.3 is 0 Å². The van der Waals surface area contributed by atoms with E-state index >= 15 is 0 Å². The van der Waals surface area contributed by atoms with Gasteiger partial charge in [0.1, 0.15) is 0 Å². The summed E-state index contributed by atoms with van der Waals surface area (Å²) in [6.07, 6.45) is 3.68. The van der Waals surface area contributed by atoms with E-state index in [-0.39, 0.29) is 24.4 Å². The molecule has 1 aromatic carbocycles.